The number of carbonyl (C=O) groups is 2. The van der Waals surface area contributed by atoms with Gasteiger partial charge in [0.25, 0.3) is 5.56 Å². The Balaban J connectivity index is 1.76. The number of aromatic amines is 1. The first-order valence-corrected chi connectivity index (χ1v) is 9.73. The number of aromatic nitrogens is 1. The molecule has 1 atom stereocenters. The molecule has 1 aliphatic heterocycles. The lowest BCUT2D eigenvalue weighted by Gasteiger charge is -2.21. The number of H-pyrrole nitrogens is 1. The molecule has 7 heteroatoms. The van der Waals surface area contributed by atoms with Gasteiger partial charge in [0.1, 0.15) is 0 Å². The third-order valence-electron chi connectivity index (χ3n) is 5.21. The molecular weight excluding hydrogens is 382 g/mol. The third kappa shape index (κ3) is 3.87. The van der Waals surface area contributed by atoms with Gasteiger partial charge in [-0.2, -0.15) is 5.10 Å². The van der Waals surface area contributed by atoms with Gasteiger partial charge in [-0.1, -0.05) is 42.0 Å². The van der Waals surface area contributed by atoms with E-state index in [-0.39, 0.29) is 18.4 Å². The molecule has 2 aromatic carbocycles. The summed E-state index contributed by atoms with van der Waals surface area (Å²) in [6.45, 7) is 1.97. The van der Waals surface area contributed by atoms with Crippen molar-refractivity contribution in [3.8, 4) is 0 Å². The second kappa shape index (κ2) is 7.94. The van der Waals surface area contributed by atoms with Crippen LogP contribution < -0.4 is 5.56 Å². The van der Waals surface area contributed by atoms with Gasteiger partial charge >= 0.3 is 5.97 Å². The number of carbonyl (C=O) groups excluding carboxylic acids is 1. The highest BCUT2D eigenvalue weighted by molar-refractivity contribution is 6.03. The molecule has 1 aromatic heterocycles. The number of amides is 1. The summed E-state index contributed by atoms with van der Waals surface area (Å²) in [6.07, 6.45) is -0.0866. The Bertz CT molecular complexity index is 1210. The highest BCUT2D eigenvalue weighted by atomic mass is 16.4. The van der Waals surface area contributed by atoms with Gasteiger partial charge in [-0.15, -0.1) is 0 Å². The molecule has 0 bridgehead atoms. The summed E-state index contributed by atoms with van der Waals surface area (Å²) in [6, 6.07) is 16.4. The van der Waals surface area contributed by atoms with E-state index >= 15 is 0 Å². The number of hydrazone groups is 1. The first-order valence-electron chi connectivity index (χ1n) is 9.73. The lowest BCUT2D eigenvalue weighted by molar-refractivity contribution is -0.141. The van der Waals surface area contributed by atoms with Gasteiger partial charge in [0.05, 0.1) is 18.2 Å². The van der Waals surface area contributed by atoms with Crippen molar-refractivity contribution in [1.29, 1.82) is 0 Å². The molecule has 2 N–H and O–H groups in total. The highest BCUT2D eigenvalue weighted by Gasteiger charge is 2.34. The fourth-order valence-corrected chi connectivity index (χ4v) is 3.71. The summed E-state index contributed by atoms with van der Waals surface area (Å²) in [5.41, 5.74) is 3.49. The molecule has 0 radical (unpaired) electrons. The van der Waals surface area contributed by atoms with E-state index in [1.807, 2.05) is 55.5 Å². The van der Waals surface area contributed by atoms with Gasteiger partial charge in [0, 0.05) is 23.9 Å². The first-order chi connectivity index (χ1) is 14.4. The third-order valence-corrected chi connectivity index (χ3v) is 5.21. The minimum absolute atomic E-state index is 0.179. The van der Waals surface area contributed by atoms with Gasteiger partial charge < -0.3 is 10.1 Å². The molecule has 0 saturated heterocycles. The summed E-state index contributed by atoms with van der Waals surface area (Å²) in [5, 5.41) is 15.6. The Hall–Kier alpha value is -3.74. The molecule has 4 rings (SSSR count). The maximum Gasteiger partial charge on any atom is 0.303 e. The van der Waals surface area contributed by atoms with Crippen LogP contribution in [0.15, 0.2) is 64.5 Å². The summed E-state index contributed by atoms with van der Waals surface area (Å²) in [7, 11) is 0. The average molecular weight is 403 g/mol. The molecule has 2 heterocycles. The van der Waals surface area contributed by atoms with Gasteiger partial charge in [0.2, 0.25) is 5.91 Å². The maximum absolute atomic E-state index is 12.8. The Labute approximate surface area is 172 Å². The Kier molecular flexibility index (Phi) is 5.18. The normalized spacial score (nSPS) is 16.0. The van der Waals surface area contributed by atoms with Crippen molar-refractivity contribution in [1.82, 2.24) is 9.99 Å². The van der Waals surface area contributed by atoms with Crippen LogP contribution in [0.2, 0.25) is 0 Å². The molecule has 1 amide bonds. The number of pyridine rings is 1. The zero-order valence-electron chi connectivity index (χ0n) is 16.5. The minimum Gasteiger partial charge on any atom is -0.481 e. The second-order valence-electron chi connectivity index (χ2n) is 7.41. The molecule has 0 spiro atoms. The van der Waals surface area contributed by atoms with Crippen molar-refractivity contribution in [3.63, 3.8) is 0 Å². The number of aryl methyl sites for hydroxylation is 1. The molecular formula is C23H21N3O4. The second-order valence-corrected chi connectivity index (χ2v) is 7.41. The standard InChI is InChI=1S/C23H21N3O4/c1-14-7-8-18-16(11-14)12-17(23(30)24-18)20-13-19(15-5-3-2-4-6-15)25-26(20)21(27)9-10-22(28)29/h2-8,11-12,20H,9-10,13H2,1H3,(H,24,30)(H,28,29)/t20-/m0/s1. The summed E-state index contributed by atoms with van der Waals surface area (Å²) < 4.78 is 0. The number of hydrogen-bond donors (Lipinski definition) is 2. The van der Waals surface area contributed by atoms with E-state index in [1.54, 1.807) is 6.07 Å². The maximum atomic E-state index is 12.8. The topological polar surface area (TPSA) is 103 Å². The van der Waals surface area contributed by atoms with Crippen LogP contribution in [0, 0.1) is 6.92 Å². The van der Waals surface area contributed by atoms with Gasteiger partial charge in [-0.3, -0.25) is 14.4 Å². The van der Waals surface area contributed by atoms with Crippen LogP contribution in [0.1, 0.15) is 42.0 Å². The lowest BCUT2D eigenvalue weighted by Crippen LogP contribution is -2.31. The van der Waals surface area contributed by atoms with Crippen LogP contribution in [-0.2, 0) is 9.59 Å². The number of aliphatic carboxylic acids is 1. The van der Waals surface area contributed by atoms with Crippen molar-refractivity contribution in [3.05, 3.63) is 81.6 Å². The monoisotopic (exact) mass is 403 g/mol. The quantitative estimate of drug-likeness (QED) is 0.682. The molecule has 0 saturated carbocycles. The van der Waals surface area contributed by atoms with Crippen molar-refractivity contribution in [2.75, 3.05) is 0 Å². The SMILES string of the molecule is Cc1ccc2[nH]c(=O)c([C@@H]3CC(c4ccccc4)=NN3C(=O)CCC(=O)O)cc2c1. The van der Waals surface area contributed by atoms with Crippen LogP contribution in [0.4, 0.5) is 0 Å². The van der Waals surface area contributed by atoms with Gasteiger partial charge in [-0.05, 0) is 36.1 Å². The summed E-state index contributed by atoms with van der Waals surface area (Å²) >= 11 is 0. The zero-order chi connectivity index (χ0) is 21.3. The number of hydrogen-bond acceptors (Lipinski definition) is 4. The fourth-order valence-electron chi connectivity index (χ4n) is 3.71. The van der Waals surface area contributed by atoms with E-state index in [0.717, 1.165) is 22.0 Å². The average Bonchev–Trinajstić information content (AvgIpc) is 3.17. The van der Waals surface area contributed by atoms with Crippen molar-refractivity contribution >= 4 is 28.5 Å². The van der Waals surface area contributed by atoms with Gasteiger partial charge in [0.15, 0.2) is 0 Å². The molecule has 0 unspecified atom stereocenters. The predicted octanol–water partition coefficient (Wildman–Crippen LogP) is 3.38. The molecule has 0 aliphatic carbocycles. The van der Waals surface area contributed by atoms with Crippen molar-refractivity contribution < 1.29 is 14.7 Å². The first kappa shape index (κ1) is 19.6. The minimum atomic E-state index is -1.05. The zero-order valence-corrected chi connectivity index (χ0v) is 16.5. The highest BCUT2D eigenvalue weighted by Crippen LogP contribution is 2.33. The lowest BCUT2D eigenvalue weighted by atomic mass is 9.98. The predicted molar refractivity (Wildman–Crippen MR) is 113 cm³/mol. The Morgan fingerprint density at radius 2 is 1.90 bits per heavy atom. The van der Waals surface area contributed by atoms with Crippen LogP contribution >= 0.6 is 0 Å². The number of fused-ring (bicyclic) bond motifs is 1. The van der Waals surface area contributed by atoms with Crippen LogP contribution in [0.25, 0.3) is 10.9 Å². The van der Waals surface area contributed by atoms with Crippen LogP contribution in [0.3, 0.4) is 0 Å². The Morgan fingerprint density at radius 3 is 2.63 bits per heavy atom. The van der Waals surface area contributed by atoms with E-state index in [0.29, 0.717) is 17.7 Å². The number of carboxylic acid groups (broad SMARTS) is 1. The van der Waals surface area contributed by atoms with Crippen molar-refractivity contribution in [2.45, 2.75) is 32.2 Å². The summed E-state index contributed by atoms with van der Waals surface area (Å²) in [5.74, 6) is -1.47. The molecule has 152 valence electrons. The number of nitrogens with zero attached hydrogens (tertiary/aromatic N) is 2. The number of benzene rings is 2. The molecule has 30 heavy (non-hydrogen) atoms. The van der Waals surface area contributed by atoms with Crippen LogP contribution in [-0.4, -0.2) is 32.7 Å². The number of carboxylic acids is 1. The van der Waals surface area contributed by atoms with Crippen molar-refractivity contribution in [2.24, 2.45) is 5.10 Å². The molecule has 7 nitrogen and oxygen atoms in total. The summed E-state index contributed by atoms with van der Waals surface area (Å²) in [4.78, 5) is 39.4. The van der Waals surface area contributed by atoms with E-state index < -0.39 is 17.9 Å². The van der Waals surface area contributed by atoms with Crippen LogP contribution in [0.5, 0.6) is 0 Å². The molecule has 0 fully saturated rings. The fraction of sp³-hybridized carbons (Fsp3) is 0.217. The van der Waals surface area contributed by atoms with E-state index in [4.69, 9.17) is 5.11 Å². The Morgan fingerprint density at radius 1 is 1.13 bits per heavy atom. The molecule has 1 aliphatic rings. The van der Waals surface area contributed by atoms with Gasteiger partial charge in [-0.25, -0.2) is 5.01 Å². The number of nitrogens with one attached hydrogen (secondary N) is 1. The van der Waals surface area contributed by atoms with E-state index in [1.165, 1.54) is 5.01 Å². The molecule has 3 aromatic rings. The number of rotatable bonds is 5. The smallest absolute Gasteiger partial charge is 0.303 e. The largest absolute Gasteiger partial charge is 0.481 e. The van der Waals surface area contributed by atoms with E-state index in [2.05, 4.69) is 10.1 Å². The van der Waals surface area contributed by atoms with E-state index in [9.17, 15) is 14.4 Å².